The number of rotatable bonds is 3. The zero-order valence-corrected chi connectivity index (χ0v) is 16.7. The maximum atomic E-state index is 6.75. The van der Waals surface area contributed by atoms with Crippen LogP contribution >= 0.6 is 0 Å². The molecule has 0 bridgehead atoms. The fraction of sp³-hybridized carbons (Fsp3) is 0.455. The summed E-state index contributed by atoms with van der Waals surface area (Å²) in [5.74, 6) is 2.52. The van der Waals surface area contributed by atoms with Gasteiger partial charge in [-0.05, 0) is 38.1 Å². The van der Waals surface area contributed by atoms with Crippen molar-refractivity contribution < 1.29 is 18.8 Å². The van der Waals surface area contributed by atoms with Crippen molar-refractivity contribution in [3.63, 3.8) is 0 Å². The van der Waals surface area contributed by atoms with Gasteiger partial charge in [0.05, 0.1) is 57.1 Å². The highest BCUT2D eigenvalue weighted by atomic mass is 16.5. The lowest BCUT2D eigenvalue weighted by Gasteiger charge is -2.51. The van der Waals surface area contributed by atoms with E-state index in [1.54, 1.807) is 18.3 Å². The number of hydrazine groups is 1. The Morgan fingerprint density at radius 1 is 1.21 bits per heavy atom. The average Bonchev–Trinajstić information content (AvgIpc) is 3.38. The predicted octanol–water partition coefficient (Wildman–Crippen LogP) is 2.37. The van der Waals surface area contributed by atoms with E-state index in [-0.39, 0.29) is 6.04 Å². The lowest BCUT2D eigenvalue weighted by atomic mass is 9.92. The summed E-state index contributed by atoms with van der Waals surface area (Å²) in [5, 5.41) is 2.30. The normalized spacial score (nSPS) is 29.1. The monoisotopic (exact) mass is 382 g/mol. The molecule has 0 radical (unpaired) electrons. The fourth-order valence-corrected chi connectivity index (χ4v) is 4.78. The molecule has 148 valence electrons. The highest BCUT2D eigenvalue weighted by molar-refractivity contribution is 5.65. The zero-order chi connectivity index (χ0) is 19.3. The standard InChI is InChI=1S/C22H27N3O3/c1-15(2)24-11-9-22(10-12-24)25-18(14-17(23-25)19-8-5-13-27-19)16-6-4-7-20(26-3)21(16)28-22/h4-8,13-15,18,23H,9-12H2,1-3H3/p+1/t18-/m1/s1. The summed E-state index contributed by atoms with van der Waals surface area (Å²) in [6.45, 7) is 6.76. The van der Waals surface area contributed by atoms with Gasteiger partial charge in [-0.2, -0.15) is 5.01 Å². The van der Waals surface area contributed by atoms with E-state index >= 15 is 0 Å². The molecule has 0 aliphatic carbocycles. The number of piperidine rings is 1. The summed E-state index contributed by atoms with van der Waals surface area (Å²) < 4.78 is 18.0. The fourth-order valence-electron chi connectivity index (χ4n) is 4.78. The third-order valence-electron chi connectivity index (χ3n) is 6.40. The van der Waals surface area contributed by atoms with Gasteiger partial charge in [0.15, 0.2) is 23.0 Å². The van der Waals surface area contributed by atoms with Crippen LogP contribution in [0.15, 0.2) is 47.1 Å². The second-order valence-electron chi connectivity index (χ2n) is 8.22. The number of likely N-dealkylation sites (tertiary alicyclic amines) is 1. The van der Waals surface area contributed by atoms with Crippen molar-refractivity contribution in [1.82, 2.24) is 10.4 Å². The molecule has 3 aliphatic rings. The van der Waals surface area contributed by atoms with Gasteiger partial charge in [-0.15, -0.1) is 0 Å². The van der Waals surface area contributed by atoms with Crippen molar-refractivity contribution in [2.75, 3.05) is 20.2 Å². The summed E-state index contributed by atoms with van der Waals surface area (Å²) in [6, 6.07) is 10.8. The number of ether oxygens (including phenoxy) is 2. The van der Waals surface area contributed by atoms with Crippen LogP contribution in [0.1, 0.15) is 44.1 Å². The molecule has 0 unspecified atom stereocenters. The molecule has 28 heavy (non-hydrogen) atoms. The van der Waals surface area contributed by atoms with Crippen LogP contribution in [-0.4, -0.2) is 37.0 Å². The molecule has 1 aromatic carbocycles. The van der Waals surface area contributed by atoms with Gasteiger partial charge in [-0.1, -0.05) is 12.1 Å². The number of para-hydroxylation sites is 1. The van der Waals surface area contributed by atoms with Crippen LogP contribution in [0.25, 0.3) is 5.70 Å². The molecule has 1 spiro atoms. The molecule has 0 saturated carbocycles. The van der Waals surface area contributed by atoms with Gasteiger partial charge in [-0.25, -0.2) is 0 Å². The molecule has 1 saturated heterocycles. The first kappa shape index (κ1) is 17.6. The highest BCUT2D eigenvalue weighted by Crippen LogP contribution is 2.50. The number of hydrogen-bond donors (Lipinski definition) is 2. The second-order valence-corrected chi connectivity index (χ2v) is 8.22. The SMILES string of the molecule is COc1cccc2c1OC1(CC[NH+](C(C)C)CC1)N1NC(c3ccco3)=C[C@H]21. The van der Waals surface area contributed by atoms with Crippen LogP contribution in [0.4, 0.5) is 0 Å². The maximum Gasteiger partial charge on any atom is 0.191 e. The molecule has 5 rings (SSSR count). The molecular formula is C22H28N3O3+. The number of fused-ring (bicyclic) bond motifs is 4. The van der Waals surface area contributed by atoms with Gasteiger partial charge < -0.3 is 24.2 Å². The largest absolute Gasteiger partial charge is 0.493 e. The topological polar surface area (TPSA) is 51.3 Å². The molecule has 4 heterocycles. The molecule has 6 heteroatoms. The Kier molecular flexibility index (Phi) is 4.14. The number of methoxy groups -OCH3 is 1. The van der Waals surface area contributed by atoms with Crippen LogP contribution in [0, 0.1) is 0 Å². The van der Waals surface area contributed by atoms with Gasteiger partial charge in [0.25, 0.3) is 0 Å². The molecule has 2 aromatic rings. The minimum absolute atomic E-state index is 0.0829. The van der Waals surface area contributed by atoms with Gasteiger partial charge in [0.1, 0.15) is 0 Å². The van der Waals surface area contributed by atoms with Gasteiger partial charge >= 0.3 is 0 Å². The van der Waals surface area contributed by atoms with E-state index in [2.05, 4.69) is 36.4 Å². The molecule has 3 aliphatic heterocycles. The lowest BCUT2D eigenvalue weighted by Crippen LogP contribution is -3.16. The third kappa shape index (κ3) is 2.63. The summed E-state index contributed by atoms with van der Waals surface area (Å²) in [4.78, 5) is 1.63. The van der Waals surface area contributed by atoms with Gasteiger partial charge in [0, 0.05) is 5.56 Å². The summed E-state index contributed by atoms with van der Waals surface area (Å²) in [5.41, 5.74) is 5.33. The van der Waals surface area contributed by atoms with Crippen LogP contribution in [-0.2, 0) is 0 Å². The van der Waals surface area contributed by atoms with Crippen LogP contribution < -0.4 is 19.8 Å². The minimum Gasteiger partial charge on any atom is -0.493 e. The van der Waals surface area contributed by atoms with Crippen molar-refractivity contribution >= 4 is 5.70 Å². The van der Waals surface area contributed by atoms with Crippen molar-refractivity contribution in [1.29, 1.82) is 0 Å². The van der Waals surface area contributed by atoms with Crippen LogP contribution in [0.2, 0.25) is 0 Å². The highest BCUT2D eigenvalue weighted by Gasteiger charge is 2.53. The number of benzene rings is 1. The van der Waals surface area contributed by atoms with Crippen molar-refractivity contribution in [2.24, 2.45) is 0 Å². The lowest BCUT2D eigenvalue weighted by molar-refractivity contribution is -0.929. The van der Waals surface area contributed by atoms with Gasteiger partial charge in [-0.3, -0.25) is 0 Å². The Bertz CT molecular complexity index is 882. The molecule has 1 atom stereocenters. The number of quaternary nitrogens is 1. The van der Waals surface area contributed by atoms with E-state index in [4.69, 9.17) is 13.9 Å². The van der Waals surface area contributed by atoms with E-state index < -0.39 is 5.72 Å². The average molecular weight is 382 g/mol. The van der Waals surface area contributed by atoms with Crippen LogP contribution in [0.3, 0.4) is 0 Å². The van der Waals surface area contributed by atoms with E-state index in [9.17, 15) is 0 Å². The Hall–Kier alpha value is -2.44. The first-order valence-electron chi connectivity index (χ1n) is 10.1. The van der Waals surface area contributed by atoms with E-state index in [0.717, 1.165) is 54.5 Å². The number of hydrogen-bond acceptors (Lipinski definition) is 5. The first-order chi connectivity index (χ1) is 13.6. The zero-order valence-electron chi connectivity index (χ0n) is 16.7. The summed E-state index contributed by atoms with van der Waals surface area (Å²) >= 11 is 0. The van der Waals surface area contributed by atoms with E-state index in [1.807, 2.05) is 24.3 Å². The Labute approximate surface area is 165 Å². The molecule has 1 fully saturated rings. The molecular weight excluding hydrogens is 354 g/mol. The first-order valence-corrected chi connectivity index (χ1v) is 10.1. The van der Waals surface area contributed by atoms with Crippen molar-refractivity contribution in [3.8, 4) is 11.5 Å². The maximum absolute atomic E-state index is 6.75. The van der Waals surface area contributed by atoms with Crippen LogP contribution in [0.5, 0.6) is 11.5 Å². The summed E-state index contributed by atoms with van der Waals surface area (Å²) in [6.07, 6.45) is 5.87. The molecule has 1 aromatic heterocycles. The number of nitrogens with zero attached hydrogens (tertiary/aromatic N) is 1. The number of nitrogens with one attached hydrogen (secondary N) is 2. The van der Waals surface area contributed by atoms with Gasteiger partial charge in [0.2, 0.25) is 0 Å². The minimum atomic E-state index is -0.393. The molecule has 6 nitrogen and oxygen atoms in total. The van der Waals surface area contributed by atoms with E-state index in [0.29, 0.717) is 6.04 Å². The smallest absolute Gasteiger partial charge is 0.191 e. The Morgan fingerprint density at radius 3 is 2.71 bits per heavy atom. The molecule has 2 N–H and O–H groups in total. The Balaban J connectivity index is 1.56. The van der Waals surface area contributed by atoms with Crippen molar-refractivity contribution in [3.05, 3.63) is 54.0 Å². The predicted molar refractivity (Wildman–Crippen MR) is 106 cm³/mol. The summed E-state index contributed by atoms with van der Waals surface area (Å²) in [7, 11) is 1.71. The molecule has 0 amide bonds. The quantitative estimate of drug-likeness (QED) is 0.854. The van der Waals surface area contributed by atoms with Crippen molar-refractivity contribution in [2.45, 2.75) is 44.5 Å². The second kappa shape index (κ2) is 6.57. The third-order valence-corrected chi connectivity index (χ3v) is 6.40. The Morgan fingerprint density at radius 2 is 2.04 bits per heavy atom. The number of furan rings is 1. The van der Waals surface area contributed by atoms with E-state index in [1.165, 1.54) is 0 Å².